The second-order valence-electron chi connectivity index (χ2n) is 13.8. The van der Waals surface area contributed by atoms with Gasteiger partial charge in [-0.05, 0) is 63.4 Å². The second-order valence-corrected chi connectivity index (χ2v) is 13.8. The van der Waals surface area contributed by atoms with Gasteiger partial charge in [-0.2, -0.15) is 0 Å². The molecule has 1 aromatic heterocycles. The summed E-state index contributed by atoms with van der Waals surface area (Å²) < 4.78 is 31.1. The molecular formula is C34H45NO12. The van der Waals surface area contributed by atoms with Gasteiger partial charge < -0.3 is 54.2 Å². The fraction of sp³-hybridized carbons (Fsp3) is 0.706. The van der Waals surface area contributed by atoms with E-state index in [2.05, 4.69) is 5.32 Å². The van der Waals surface area contributed by atoms with Gasteiger partial charge in [-0.1, -0.05) is 6.42 Å². The van der Waals surface area contributed by atoms with Crippen LogP contribution in [0.25, 0.3) is 11.0 Å². The third kappa shape index (κ3) is 5.39. The number of esters is 1. The number of benzene rings is 1. The number of fused-ring (bicyclic) bond motifs is 2. The Balaban J connectivity index is 1.44. The van der Waals surface area contributed by atoms with Crippen LogP contribution in [-0.4, -0.2) is 100 Å². The van der Waals surface area contributed by atoms with Crippen LogP contribution in [0.15, 0.2) is 10.7 Å². The van der Waals surface area contributed by atoms with Crippen LogP contribution in [0.3, 0.4) is 0 Å². The highest BCUT2D eigenvalue weighted by atomic mass is 16.7. The molecule has 13 nitrogen and oxygen atoms in total. The van der Waals surface area contributed by atoms with Gasteiger partial charge in [0.05, 0.1) is 31.5 Å². The first-order chi connectivity index (χ1) is 22.7. The van der Waals surface area contributed by atoms with E-state index >= 15 is 0 Å². The number of amides is 1. The summed E-state index contributed by atoms with van der Waals surface area (Å²) in [5.74, 6) is -1.24. The molecule has 0 bridgehead atoms. The van der Waals surface area contributed by atoms with E-state index in [0.29, 0.717) is 30.5 Å². The molecule has 1 amide bonds. The smallest absolute Gasteiger partial charge is 0.309 e. The van der Waals surface area contributed by atoms with Gasteiger partial charge in [0.2, 0.25) is 17.9 Å². The predicted molar refractivity (Wildman–Crippen MR) is 164 cm³/mol. The summed E-state index contributed by atoms with van der Waals surface area (Å²) in [6, 6.07) is 0. The van der Waals surface area contributed by atoms with Crippen molar-refractivity contribution in [3.05, 3.63) is 23.0 Å². The minimum Gasteiger partial charge on any atom is -0.483 e. The zero-order chi connectivity index (χ0) is 33.0. The van der Waals surface area contributed by atoms with E-state index in [1.807, 2.05) is 0 Å². The number of aliphatic hydroxyl groups excluding tert-OH is 4. The van der Waals surface area contributed by atoms with Gasteiger partial charge in [-0.15, -0.1) is 0 Å². The van der Waals surface area contributed by atoms with Crippen LogP contribution in [0.5, 0.6) is 11.5 Å². The molecule has 13 heteroatoms. The topological polar surface area (TPSA) is 197 Å². The van der Waals surface area contributed by atoms with Crippen molar-refractivity contribution in [3.63, 3.8) is 0 Å². The lowest BCUT2D eigenvalue weighted by Gasteiger charge is -2.47. The number of nitrogens with one attached hydrogen (secondary N) is 1. The Bertz CT molecular complexity index is 1500. The van der Waals surface area contributed by atoms with E-state index in [9.17, 15) is 35.1 Å². The maximum Gasteiger partial charge on any atom is 0.309 e. The first-order valence-corrected chi connectivity index (χ1v) is 17.0. The molecular weight excluding hydrogens is 614 g/mol. The van der Waals surface area contributed by atoms with E-state index < -0.39 is 55.8 Å². The Morgan fingerprint density at radius 3 is 2.60 bits per heavy atom. The van der Waals surface area contributed by atoms with Crippen LogP contribution in [0.4, 0.5) is 0 Å². The summed E-state index contributed by atoms with van der Waals surface area (Å²) in [5.41, 5.74) is 0.562. The number of rotatable bonds is 9. The zero-order valence-corrected chi connectivity index (χ0v) is 26.6. The maximum absolute atomic E-state index is 13.4. The molecule has 3 heterocycles. The van der Waals surface area contributed by atoms with Crippen LogP contribution in [-0.2, 0) is 25.5 Å². The monoisotopic (exact) mass is 659 g/mol. The van der Waals surface area contributed by atoms with E-state index in [0.717, 1.165) is 48.6 Å². The molecule has 1 saturated carbocycles. The third-order valence-corrected chi connectivity index (χ3v) is 11.1. The van der Waals surface area contributed by atoms with Crippen molar-refractivity contribution in [2.75, 3.05) is 26.4 Å². The van der Waals surface area contributed by atoms with Crippen LogP contribution < -0.4 is 14.8 Å². The molecule has 0 radical (unpaired) electrons. The summed E-state index contributed by atoms with van der Waals surface area (Å²) in [7, 11) is 0. The molecule has 2 aliphatic heterocycles. The summed E-state index contributed by atoms with van der Waals surface area (Å²) in [6.07, 6.45) is 0.468. The molecule has 2 aromatic rings. The number of carbonyl (C=O) groups excluding carboxylic acids is 2. The number of hydrogen-bond donors (Lipinski definition) is 6. The highest BCUT2D eigenvalue weighted by molar-refractivity contribution is 5.97. The summed E-state index contributed by atoms with van der Waals surface area (Å²) >= 11 is 0. The first kappa shape index (κ1) is 32.6. The van der Waals surface area contributed by atoms with Gasteiger partial charge >= 0.3 is 5.97 Å². The van der Waals surface area contributed by atoms with Gasteiger partial charge in [-0.3, -0.25) is 9.59 Å². The van der Waals surface area contributed by atoms with Crippen molar-refractivity contribution < 1.29 is 58.5 Å². The normalized spacial score (nSPS) is 35.2. The highest BCUT2D eigenvalue weighted by Crippen LogP contribution is 2.57. The predicted octanol–water partition coefficient (Wildman–Crippen LogP) is 1.52. The molecule has 3 fully saturated rings. The summed E-state index contributed by atoms with van der Waals surface area (Å²) in [6.45, 7) is 1.19. The van der Waals surface area contributed by atoms with E-state index in [-0.39, 0.29) is 60.3 Å². The maximum atomic E-state index is 13.4. The molecule has 9 atom stereocenters. The molecule has 2 saturated heterocycles. The van der Waals surface area contributed by atoms with Crippen molar-refractivity contribution in [2.45, 2.75) is 113 Å². The lowest BCUT2D eigenvalue weighted by molar-refractivity contribution is -0.323. The number of hydrogen-bond acceptors (Lipinski definition) is 12. The van der Waals surface area contributed by atoms with Gasteiger partial charge in [0.1, 0.15) is 18.3 Å². The molecule has 258 valence electrons. The van der Waals surface area contributed by atoms with Crippen molar-refractivity contribution in [1.82, 2.24) is 5.32 Å². The second kappa shape index (κ2) is 12.8. The van der Waals surface area contributed by atoms with E-state index in [4.69, 9.17) is 23.4 Å². The van der Waals surface area contributed by atoms with Gasteiger partial charge in [0, 0.05) is 47.9 Å². The van der Waals surface area contributed by atoms with Crippen molar-refractivity contribution in [2.24, 2.45) is 11.8 Å². The average molecular weight is 660 g/mol. The third-order valence-electron chi connectivity index (χ3n) is 11.1. The molecule has 47 heavy (non-hydrogen) atoms. The van der Waals surface area contributed by atoms with Crippen LogP contribution in [0, 0.1) is 11.8 Å². The quantitative estimate of drug-likeness (QED) is 0.213. The summed E-state index contributed by atoms with van der Waals surface area (Å²) in [5, 5.41) is 57.2. The Morgan fingerprint density at radius 1 is 1.09 bits per heavy atom. The lowest BCUT2D eigenvalue weighted by Crippen LogP contribution is -2.68. The molecule has 5 aliphatic rings. The fourth-order valence-electron chi connectivity index (χ4n) is 8.68. The molecule has 6 N–H and O–H groups in total. The van der Waals surface area contributed by atoms with E-state index in [1.54, 1.807) is 13.2 Å². The molecule has 7 rings (SSSR count). The summed E-state index contributed by atoms with van der Waals surface area (Å²) in [4.78, 5) is 26.5. The zero-order valence-electron chi connectivity index (χ0n) is 26.6. The Labute approximate surface area is 272 Å². The first-order valence-electron chi connectivity index (χ1n) is 17.0. The molecule has 3 aliphatic carbocycles. The standard InChI is InChI=1S/C34H45NO12/c1-2-43-32(41)17-10-16-11-19-21(13-35-31(19)40)22-15-44-28-25(22)24(16)20(12-17)27(29(28)45-18-6-4-3-5-7-18)47-33-34(42,8-9-36)30(39)26(38)23(14-37)46-33/h15-19,21,23,26,30,33,36-39,42H,2-14H2,1H3,(H,35,40)/t16-,17+,19+,21-,23+,26+,30-,33-,34+/m0/s1. The Hall–Kier alpha value is -2.94. The average Bonchev–Trinajstić information content (AvgIpc) is 3.62. The van der Waals surface area contributed by atoms with Gasteiger partial charge in [0.15, 0.2) is 16.9 Å². The van der Waals surface area contributed by atoms with Crippen LogP contribution in [0.2, 0.25) is 0 Å². The highest BCUT2D eigenvalue weighted by Gasteiger charge is 2.57. The molecule has 0 spiro atoms. The van der Waals surface area contributed by atoms with Crippen LogP contribution >= 0.6 is 0 Å². The molecule has 0 unspecified atom stereocenters. The SMILES string of the molecule is CCOC(=O)[C@H]1Cc2c(O[C@@H]3O[C@H](CO)[C@@H](O)[C@H](O)[C@]3(O)CCO)c(OC3CCCCC3)c3occ4c3c2[C@@H](C1)C[C@H]1C(=O)NC[C@H]41. The van der Waals surface area contributed by atoms with E-state index in [1.165, 1.54) is 0 Å². The minimum absolute atomic E-state index is 0.0422. The number of ether oxygens (including phenoxy) is 4. The lowest BCUT2D eigenvalue weighted by atomic mass is 9.72. The Morgan fingerprint density at radius 2 is 1.87 bits per heavy atom. The van der Waals surface area contributed by atoms with Crippen molar-refractivity contribution >= 4 is 22.8 Å². The Kier molecular flexibility index (Phi) is 8.90. The van der Waals surface area contributed by atoms with Crippen LogP contribution in [0.1, 0.15) is 86.8 Å². The van der Waals surface area contributed by atoms with Gasteiger partial charge in [0.25, 0.3) is 0 Å². The fourth-order valence-corrected chi connectivity index (χ4v) is 8.68. The number of furan rings is 1. The number of carbonyl (C=O) groups is 2. The largest absolute Gasteiger partial charge is 0.483 e. The van der Waals surface area contributed by atoms with Crippen molar-refractivity contribution in [1.29, 1.82) is 0 Å². The molecule has 1 aromatic carbocycles. The number of aliphatic hydroxyl groups is 5. The van der Waals surface area contributed by atoms with Gasteiger partial charge in [-0.25, -0.2) is 0 Å². The van der Waals surface area contributed by atoms with Crippen molar-refractivity contribution in [3.8, 4) is 11.5 Å². The minimum atomic E-state index is -2.28.